The van der Waals surface area contributed by atoms with E-state index in [4.69, 9.17) is 15.2 Å². The van der Waals surface area contributed by atoms with E-state index < -0.39 is 0 Å². The predicted molar refractivity (Wildman–Crippen MR) is 72.1 cm³/mol. The SMILES string of the molecule is NCCc1cccc(C(=O)NCC2COCCO2)c1. The zero-order valence-electron chi connectivity index (χ0n) is 10.9. The van der Waals surface area contributed by atoms with Gasteiger partial charge in [-0.2, -0.15) is 0 Å². The summed E-state index contributed by atoms with van der Waals surface area (Å²) in [6, 6.07) is 7.52. The van der Waals surface area contributed by atoms with Gasteiger partial charge in [-0.05, 0) is 30.7 Å². The number of amides is 1. The Morgan fingerprint density at radius 3 is 3.05 bits per heavy atom. The second kappa shape index (κ2) is 7.23. The Morgan fingerprint density at radius 1 is 1.42 bits per heavy atom. The van der Waals surface area contributed by atoms with Crippen LogP contribution in [0.3, 0.4) is 0 Å². The lowest BCUT2D eigenvalue weighted by Gasteiger charge is -2.23. The van der Waals surface area contributed by atoms with Gasteiger partial charge < -0.3 is 20.5 Å². The van der Waals surface area contributed by atoms with Gasteiger partial charge in [0, 0.05) is 12.1 Å². The lowest BCUT2D eigenvalue weighted by molar-refractivity contribution is -0.0855. The summed E-state index contributed by atoms with van der Waals surface area (Å²) in [5, 5.41) is 2.86. The molecule has 0 spiro atoms. The fourth-order valence-electron chi connectivity index (χ4n) is 2.00. The molecule has 5 nitrogen and oxygen atoms in total. The number of hydrogen-bond donors (Lipinski definition) is 2. The van der Waals surface area contributed by atoms with Crippen molar-refractivity contribution in [1.82, 2.24) is 5.32 Å². The molecule has 2 rings (SSSR count). The lowest BCUT2D eigenvalue weighted by Crippen LogP contribution is -2.39. The first kappa shape index (κ1) is 14.0. The molecule has 19 heavy (non-hydrogen) atoms. The van der Waals surface area contributed by atoms with Crippen molar-refractivity contribution in [2.45, 2.75) is 12.5 Å². The maximum Gasteiger partial charge on any atom is 0.251 e. The van der Waals surface area contributed by atoms with Gasteiger partial charge in [-0.1, -0.05) is 12.1 Å². The van der Waals surface area contributed by atoms with E-state index in [0.717, 1.165) is 12.0 Å². The van der Waals surface area contributed by atoms with Crippen molar-refractivity contribution in [3.8, 4) is 0 Å². The second-order valence-electron chi connectivity index (χ2n) is 4.52. The van der Waals surface area contributed by atoms with E-state index in [9.17, 15) is 4.79 Å². The maximum absolute atomic E-state index is 12.0. The summed E-state index contributed by atoms with van der Waals surface area (Å²) in [5.74, 6) is -0.0898. The molecule has 1 aromatic rings. The quantitative estimate of drug-likeness (QED) is 0.804. The van der Waals surface area contributed by atoms with Crippen LogP contribution in [-0.2, 0) is 15.9 Å². The first-order valence-electron chi connectivity index (χ1n) is 6.56. The minimum atomic E-state index is -0.0898. The first-order valence-corrected chi connectivity index (χ1v) is 6.56. The van der Waals surface area contributed by atoms with Gasteiger partial charge in [0.2, 0.25) is 0 Å². The van der Waals surface area contributed by atoms with Crippen molar-refractivity contribution in [3.05, 3.63) is 35.4 Å². The average Bonchev–Trinajstić information content (AvgIpc) is 2.46. The van der Waals surface area contributed by atoms with E-state index in [2.05, 4.69) is 5.32 Å². The summed E-state index contributed by atoms with van der Waals surface area (Å²) < 4.78 is 10.8. The van der Waals surface area contributed by atoms with Crippen LogP contribution in [0.1, 0.15) is 15.9 Å². The Bertz CT molecular complexity index is 417. The lowest BCUT2D eigenvalue weighted by atomic mass is 10.1. The zero-order chi connectivity index (χ0) is 13.5. The first-order chi connectivity index (χ1) is 9.29. The van der Waals surface area contributed by atoms with Gasteiger partial charge in [0.05, 0.1) is 25.9 Å². The molecular weight excluding hydrogens is 244 g/mol. The molecule has 1 aliphatic heterocycles. The number of carbonyl (C=O) groups excluding carboxylic acids is 1. The predicted octanol–water partition coefficient (Wildman–Crippen LogP) is 0.333. The van der Waals surface area contributed by atoms with Crippen molar-refractivity contribution < 1.29 is 14.3 Å². The van der Waals surface area contributed by atoms with Crippen LogP contribution in [0.4, 0.5) is 0 Å². The largest absolute Gasteiger partial charge is 0.376 e. The highest BCUT2D eigenvalue weighted by molar-refractivity contribution is 5.94. The standard InChI is InChI=1S/C14H20N2O3/c15-5-4-11-2-1-3-12(8-11)14(17)16-9-13-10-18-6-7-19-13/h1-3,8,13H,4-7,9-10,15H2,(H,16,17). The minimum Gasteiger partial charge on any atom is -0.376 e. The molecule has 1 saturated heterocycles. The van der Waals surface area contributed by atoms with Gasteiger partial charge in [0.15, 0.2) is 0 Å². The monoisotopic (exact) mass is 264 g/mol. The third kappa shape index (κ3) is 4.31. The third-order valence-electron chi connectivity index (χ3n) is 3.00. The summed E-state index contributed by atoms with van der Waals surface area (Å²) >= 11 is 0. The van der Waals surface area contributed by atoms with Gasteiger partial charge in [0.1, 0.15) is 0 Å². The molecule has 1 atom stereocenters. The van der Waals surface area contributed by atoms with Crippen LogP contribution in [0, 0.1) is 0 Å². The Balaban J connectivity index is 1.86. The number of nitrogens with two attached hydrogens (primary N) is 1. The average molecular weight is 264 g/mol. The van der Waals surface area contributed by atoms with Crippen molar-refractivity contribution in [2.75, 3.05) is 32.9 Å². The second-order valence-corrected chi connectivity index (χ2v) is 4.52. The van der Waals surface area contributed by atoms with E-state index in [0.29, 0.717) is 38.5 Å². The van der Waals surface area contributed by atoms with Crippen LogP contribution < -0.4 is 11.1 Å². The Labute approximate surface area is 113 Å². The fraction of sp³-hybridized carbons (Fsp3) is 0.500. The number of ether oxygens (including phenoxy) is 2. The Kier molecular flexibility index (Phi) is 5.32. The summed E-state index contributed by atoms with van der Waals surface area (Å²) in [6.45, 7) is 2.81. The molecule has 104 valence electrons. The van der Waals surface area contributed by atoms with Crippen molar-refractivity contribution in [2.24, 2.45) is 5.73 Å². The van der Waals surface area contributed by atoms with Crippen LogP contribution in [0.25, 0.3) is 0 Å². The van der Waals surface area contributed by atoms with Crippen LogP contribution in [0.5, 0.6) is 0 Å². The molecular formula is C14H20N2O3. The summed E-state index contributed by atoms with van der Waals surface area (Å²) in [6.07, 6.45) is 0.727. The van der Waals surface area contributed by atoms with Crippen molar-refractivity contribution >= 4 is 5.91 Å². The molecule has 1 heterocycles. The maximum atomic E-state index is 12.0. The molecule has 1 fully saturated rings. The molecule has 1 amide bonds. The van der Waals surface area contributed by atoms with Crippen molar-refractivity contribution in [1.29, 1.82) is 0 Å². The molecule has 1 aromatic carbocycles. The smallest absolute Gasteiger partial charge is 0.251 e. The summed E-state index contributed by atoms with van der Waals surface area (Å²) in [7, 11) is 0. The van der Waals surface area contributed by atoms with Crippen LogP contribution in [0.15, 0.2) is 24.3 Å². The van der Waals surface area contributed by atoms with E-state index in [1.807, 2.05) is 18.2 Å². The van der Waals surface area contributed by atoms with Crippen LogP contribution in [0.2, 0.25) is 0 Å². The highest BCUT2D eigenvalue weighted by atomic mass is 16.6. The molecule has 0 aliphatic carbocycles. The molecule has 0 saturated carbocycles. The normalized spacial score (nSPS) is 19.1. The van der Waals surface area contributed by atoms with E-state index in [1.165, 1.54) is 0 Å². The van der Waals surface area contributed by atoms with Gasteiger partial charge >= 0.3 is 0 Å². The number of nitrogens with one attached hydrogen (secondary N) is 1. The molecule has 0 radical (unpaired) electrons. The van der Waals surface area contributed by atoms with Gasteiger partial charge in [-0.3, -0.25) is 4.79 Å². The Hall–Kier alpha value is -1.43. The van der Waals surface area contributed by atoms with E-state index >= 15 is 0 Å². The van der Waals surface area contributed by atoms with E-state index in [1.54, 1.807) is 6.07 Å². The molecule has 5 heteroatoms. The number of rotatable bonds is 5. The highest BCUT2D eigenvalue weighted by Crippen LogP contribution is 2.06. The minimum absolute atomic E-state index is 0.0510. The van der Waals surface area contributed by atoms with Crippen LogP contribution in [-0.4, -0.2) is 44.9 Å². The molecule has 3 N–H and O–H groups in total. The van der Waals surface area contributed by atoms with E-state index in [-0.39, 0.29) is 12.0 Å². The van der Waals surface area contributed by atoms with Crippen molar-refractivity contribution in [3.63, 3.8) is 0 Å². The number of hydrogen-bond acceptors (Lipinski definition) is 4. The highest BCUT2D eigenvalue weighted by Gasteiger charge is 2.15. The number of benzene rings is 1. The summed E-state index contributed by atoms with van der Waals surface area (Å²) in [4.78, 5) is 12.0. The zero-order valence-corrected chi connectivity index (χ0v) is 10.9. The van der Waals surface area contributed by atoms with Gasteiger partial charge in [-0.15, -0.1) is 0 Å². The van der Waals surface area contributed by atoms with Gasteiger partial charge in [0.25, 0.3) is 5.91 Å². The summed E-state index contributed by atoms with van der Waals surface area (Å²) in [5.41, 5.74) is 7.24. The third-order valence-corrected chi connectivity index (χ3v) is 3.00. The molecule has 0 aromatic heterocycles. The fourth-order valence-corrected chi connectivity index (χ4v) is 2.00. The molecule has 0 bridgehead atoms. The Morgan fingerprint density at radius 2 is 2.32 bits per heavy atom. The number of carbonyl (C=O) groups is 1. The molecule has 1 unspecified atom stereocenters. The van der Waals surface area contributed by atoms with Gasteiger partial charge in [-0.25, -0.2) is 0 Å². The molecule has 1 aliphatic rings. The van der Waals surface area contributed by atoms with Crippen LogP contribution >= 0.6 is 0 Å². The topological polar surface area (TPSA) is 73.6 Å².